The van der Waals surface area contributed by atoms with Crippen LogP contribution in [0.5, 0.6) is 0 Å². The lowest BCUT2D eigenvalue weighted by atomic mass is 10.6. The van der Waals surface area contributed by atoms with Crippen LogP contribution in [-0.4, -0.2) is 16.6 Å². The van der Waals surface area contributed by atoms with E-state index in [9.17, 15) is 0 Å². The van der Waals surface area contributed by atoms with Crippen molar-refractivity contribution in [3.63, 3.8) is 0 Å². The molecule has 0 spiro atoms. The molecule has 0 bridgehead atoms. The van der Waals surface area contributed by atoms with E-state index in [1.54, 1.807) is 0 Å². The van der Waals surface area contributed by atoms with Gasteiger partial charge in [0.05, 0.1) is 0 Å². The Morgan fingerprint density at radius 3 is 1.82 bits per heavy atom. The molecule has 0 aliphatic rings. The van der Waals surface area contributed by atoms with E-state index in [0.29, 0.717) is 0 Å². The third-order valence-corrected chi connectivity index (χ3v) is 0.830. The first-order valence-electron chi connectivity index (χ1n) is 3.85. The SMILES string of the molecule is CC.CP.Cc1cnc(C)[nH]1. The third-order valence-electron chi connectivity index (χ3n) is 0.830. The van der Waals surface area contributed by atoms with Crippen LogP contribution in [0, 0.1) is 13.8 Å². The monoisotopic (exact) mass is 174 g/mol. The van der Waals surface area contributed by atoms with E-state index in [-0.39, 0.29) is 0 Å². The zero-order valence-corrected chi connectivity index (χ0v) is 9.26. The number of nitrogens with zero attached hydrogens (tertiary/aromatic N) is 1. The number of imidazole rings is 1. The Morgan fingerprint density at radius 1 is 1.27 bits per heavy atom. The van der Waals surface area contributed by atoms with Gasteiger partial charge in [0.1, 0.15) is 5.82 Å². The first kappa shape index (κ1) is 13.2. The van der Waals surface area contributed by atoms with Gasteiger partial charge in [-0.25, -0.2) is 4.98 Å². The highest BCUT2D eigenvalue weighted by atomic mass is 31.0. The molecule has 0 saturated heterocycles. The van der Waals surface area contributed by atoms with Crippen molar-refractivity contribution in [3.05, 3.63) is 17.7 Å². The maximum atomic E-state index is 3.96. The summed E-state index contributed by atoms with van der Waals surface area (Å²) in [5.41, 5.74) is 1.12. The summed E-state index contributed by atoms with van der Waals surface area (Å²) in [5.74, 6) is 0.984. The lowest BCUT2D eigenvalue weighted by Crippen LogP contribution is -1.70. The average molecular weight is 174 g/mol. The lowest BCUT2D eigenvalue weighted by Gasteiger charge is -1.74. The highest BCUT2D eigenvalue weighted by Crippen LogP contribution is 1.89. The van der Waals surface area contributed by atoms with E-state index in [4.69, 9.17) is 0 Å². The Kier molecular flexibility index (Phi) is 11.6. The van der Waals surface area contributed by atoms with Gasteiger partial charge in [0, 0.05) is 11.9 Å². The van der Waals surface area contributed by atoms with Crippen LogP contribution < -0.4 is 0 Å². The average Bonchev–Trinajstić information content (AvgIpc) is 2.43. The fraction of sp³-hybridized carbons (Fsp3) is 0.625. The van der Waals surface area contributed by atoms with E-state index in [2.05, 4.69) is 19.2 Å². The van der Waals surface area contributed by atoms with Gasteiger partial charge in [-0.05, 0) is 13.8 Å². The van der Waals surface area contributed by atoms with Crippen molar-refractivity contribution in [3.8, 4) is 0 Å². The summed E-state index contributed by atoms with van der Waals surface area (Å²) in [6.07, 6.45) is 1.81. The molecule has 0 saturated carbocycles. The molecular weight excluding hydrogens is 155 g/mol. The van der Waals surface area contributed by atoms with Crippen molar-refractivity contribution in [2.45, 2.75) is 27.7 Å². The van der Waals surface area contributed by atoms with Gasteiger partial charge in [0.25, 0.3) is 0 Å². The molecule has 1 rings (SSSR count). The Balaban J connectivity index is 0. The molecule has 0 aromatic carbocycles. The molecule has 0 fully saturated rings. The standard InChI is InChI=1S/C5H8N2.C2H6.CH5P/c1-4-3-6-5(2)7-4;2*1-2/h3H,1-2H3,(H,6,7);1-2H3;2H2,1H3. The van der Waals surface area contributed by atoms with Crippen molar-refractivity contribution in [2.24, 2.45) is 0 Å². The number of aryl methyl sites for hydroxylation is 2. The van der Waals surface area contributed by atoms with Crippen LogP contribution in [0.2, 0.25) is 0 Å². The summed E-state index contributed by atoms with van der Waals surface area (Å²) in [6.45, 7) is 9.84. The van der Waals surface area contributed by atoms with Crippen molar-refractivity contribution in [1.82, 2.24) is 9.97 Å². The number of hydrogen-bond donors (Lipinski definition) is 1. The van der Waals surface area contributed by atoms with Gasteiger partial charge in [-0.15, -0.1) is 9.24 Å². The van der Waals surface area contributed by atoms with E-state index in [1.807, 2.05) is 40.6 Å². The number of rotatable bonds is 0. The maximum absolute atomic E-state index is 3.96. The summed E-state index contributed by atoms with van der Waals surface area (Å²) in [7, 11) is 2.42. The number of aromatic amines is 1. The molecule has 1 N–H and O–H groups in total. The summed E-state index contributed by atoms with van der Waals surface area (Å²) in [5, 5.41) is 0. The second kappa shape index (κ2) is 9.64. The molecule has 0 radical (unpaired) electrons. The highest BCUT2D eigenvalue weighted by Gasteiger charge is 1.83. The minimum absolute atomic E-state index is 0.984. The Labute approximate surface area is 72.0 Å². The van der Waals surface area contributed by atoms with Crippen LogP contribution in [0.4, 0.5) is 0 Å². The number of aromatic nitrogens is 2. The van der Waals surface area contributed by atoms with E-state index in [1.165, 1.54) is 0 Å². The zero-order valence-electron chi connectivity index (χ0n) is 8.10. The Hall–Kier alpha value is -0.360. The Bertz CT molecular complexity index is 144. The fourth-order valence-corrected chi connectivity index (χ4v) is 0.544. The fourth-order valence-electron chi connectivity index (χ4n) is 0.544. The number of H-pyrrole nitrogens is 1. The van der Waals surface area contributed by atoms with Gasteiger partial charge in [-0.3, -0.25) is 0 Å². The van der Waals surface area contributed by atoms with Gasteiger partial charge in [-0.2, -0.15) is 0 Å². The smallest absolute Gasteiger partial charge is 0.103 e. The van der Waals surface area contributed by atoms with E-state index in [0.717, 1.165) is 11.5 Å². The van der Waals surface area contributed by atoms with Gasteiger partial charge >= 0.3 is 0 Å². The number of hydrogen-bond acceptors (Lipinski definition) is 1. The number of nitrogens with one attached hydrogen (secondary N) is 1. The lowest BCUT2D eigenvalue weighted by molar-refractivity contribution is 1.13. The first-order valence-corrected chi connectivity index (χ1v) is 5.00. The highest BCUT2D eigenvalue weighted by molar-refractivity contribution is 7.15. The molecule has 1 atom stereocenters. The molecule has 0 amide bonds. The first-order chi connectivity index (χ1) is 5.29. The van der Waals surface area contributed by atoms with Crippen molar-refractivity contribution >= 4 is 9.24 Å². The van der Waals surface area contributed by atoms with E-state index >= 15 is 0 Å². The third kappa shape index (κ3) is 7.54. The normalized spacial score (nSPS) is 7.09. The molecule has 1 aromatic heterocycles. The van der Waals surface area contributed by atoms with Gasteiger partial charge < -0.3 is 4.98 Å². The summed E-state index contributed by atoms with van der Waals surface area (Å²) >= 11 is 0. The quantitative estimate of drug-likeness (QED) is 0.601. The molecule has 66 valence electrons. The molecule has 1 heterocycles. The minimum Gasteiger partial charge on any atom is -0.346 e. The molecule has 0 aliphatic heterocycles. The van der Waals surface area contributed by atoms with Gasteiger partial charge in [-0.1, -0.05) is 20.5 Å². The Morgan fingerprint density at radius 2 is 1.73 bits per heavy atom. The van der Waals surface area contributed by atoms with Crippen LogP contribution in [0.25, 0.3) is 0 Å². The molecule has 11 heavy (non-hydrogen) atoms. The van der Waals surface area contributed by atoms with Crippen molar-refractivity contribution < 1.29 is 0 Å². The molecule has 2 nitrogen and oxygen atoms in total. The molecular formula is C8H19N2P. The summed E-state index contributed by atoms with van der Waals surface area (Å²) < 4.78 is 0. The van der Waals surface area contributed by atoms with Crippen LogP contribution >= 0.6 is 9.24 Å². The van der Waals surface area contributed by atoms with Crippen LogP contribution in [0.1, 0.15) is 25.4 Å². The molecule has 1 aromatic rings. The second-order valence-corrected chi connectivity index (χ2v) is 1.65. The molecule has 0 aliphatic carbocycles. The van der Waals surface area contributed by atoms with E-state index < -0.39 is 0 Å². The second-order valence-electron chi connectivity index (χ2n) is 1.65. The topological polar surface area (TPSA) is 28.7 Å². The van der Waals surface area contributed by atoms with Crippen LogP contribution in [0.3, 0.4) is 0 Å². The zero-order chi connectivity index (χ0) is 9.28. The largest absolute Gasteiger partial charge is 0.346 e. The predicted molar refractivity (Wildman–Crippen MR) is 55.0 cm³/mol. The minimum atomic E-state index is 0.984. The van der Waals surface area contributed by atoms with Crippen molar-refractivity contribution in [2.75, 3.05) is 6.66 Å². The summed E-state index contributed by atoms with van der Waals surface area (Å²) in [4.78, 5) is 6.99. The predicted octanol–water partition coefficient (Wildman–Crippen LogP) is 2.54. The van der Waals surface area contributed by atoms with Gasteiger partial charge in [0.15, 0.2) is 0 Å². The maximum Gasteiger partial charge on any atom is 0.103 e. The van der Waals surface area contributed by atoms with Crippen molar-refractivity contribution in [1.29, 1.82) is 0 Å². The van der Waals surface area contributed by atoms with Gasteiger partial charge in [0.2, 0.25) is 0 Å². The molecule has 3 heteroatoms. The van der Waals surface area contributed by atoms with Crippen LogP contribution in [0.15, 0.2) is 6.20 Å². The molecule has 1 unspecified atom stereocenters. The van der Waals surface area contributed by atoms with Crippen LogP contribution in [-0.2, 0) is 0 Å². The summed E-state index contributed by atoms with van der Waals surface area (Å²) in [6, 6.07) is 0.